The molecule has 3 heteroatoms. The summed E-state index contributed by atoms with van der Waals surface area (Å²) in [5.41, 5.74) is 6.60. The number of unbranched alkanes of at least 4 members (excludes halogenated alkanes) is 1. The maximum Gasteiger partial charge on any atom is 1.00 e. The third-order valence-corrected chi connectivity index (χ3v) is 0.530. The van der Waals surface area contributed by atoms with Crippen LogP contribution in [0.2, 0.25) is 0 Å². The molecule has 58 valence electrons. The van der Waals surface area contributed by atoms with Crippen LogP contribution in [-0.4, -0.2) is 17.8 Å². The van der Waals surface area contributed by atoms with E-state index in [2.05, 4.69) is 6.92 Å². The molecule has 0 aliphatic rings. The first-order chi connectivity index (χ1) is 4.15. The van der Waals surface area contributed by atoms with Crippen molar-refractivity contribution in [3.05, 3.63) is 5.73 Å². The van der Waals surface area contributed by atoms with Gasteiger partial charge in [-0.3, -0.25) is 0 Å². The van der Waals surface area contributed by atoms with Crippen LogP contribution < -0.4 is 29.6 Å². The van der Waals surface area contributed by atoms with Crippen LogP contribution in [0.15, 0.2) is 0 Å². The van der Waals surface area contributed by atoms with Gasteiger partial charge in [-0.2, -0.15) is 6.54 Å². The molecular weight excluding hydrogens is 137 g/mol. The molecule has 0 radical (unpaired) electrons. The van der Waals surface area contributed by atoms with Gasteiger partial charge in [-0.05, 0) is 13.8 Å². The molecule has 0 bridgehead atoms. The summed E-state index contributed by atoms with van der Waals surface area (Å²) in [6.45, 7) is 6.13. The van der Waals surface area contributed by atoms with E-state index in [1.807, 2.05) is 0 Å². The third kappa shape index (κ3) is 65.6. The van der Waals surface area contributed by atoms with Crippen LogP contribution >= 0.6 is 0 Å². The Morgan fingerprint density at radius 3 is 1.70 bits per heavy atom. The summed E-state index contributed by atoms with van der Waals surface area (Å²) in [7, 11) is 0. The summed E-state index contributed by atoms with van der Waals surface area (Å²) in [4.78, 5) is 0. The van der Waals surface area contributed by atoms with Crippen molar-refractivity contribution >= 4 is 0 Å². The molecule has 0 spiro atoms. The van der Waals surface area contributed by atoms with Gasteiger partial charge in [0.2, 0.25) is 0 Å². The Labute approximate surface area is 86.5 Å². The van der Waals surface area contributed by atoms with Crippen LogP contribution in [0.1, 0.15) is 33.6 Å². The Hall–Kier alpha value is 0.920. The molecule has 2 N–H and O–H groups in total. The Morgan fingerprint density at radius 2 is 1.70 bits per heavy atom. The maximum atomic E-state index is 8.06. The second-order valence-corrected chi connectivity index (χ2v) is 2.20. The van der Waals surface area contributed by atoms with Gasteiger partial charge in [-0.1, -0.05) is 19.8 Å². The predicted molar refractivity (Wildman–Crippen MR) is 41.5 cm³/mol. The second-order valence-electron chi connectivity index (χ2n) is 2.20. The molecule has 0 aromatic carbocycles. The molecule has 2 nitrogen and oxygen atoms in total. The average Bonchev–Trinajstić information content (AvgIpc) is 1.66. The molecule has 0 rings (SSSR count). The van der Waals surface area contributed by atoms with Crippen molar-refractivity contribution in [2.24, 2.45) is 0 Å². The monoisotopic (exact) mass is 155 g/mol. The molecule has 0 heterocycles. The summed E-state index contributed by atoms with van der Waals surface area (Å²) in [5, 5.41) is 8.06. The largest absolute Gasteiger partial charge is 1.00 e. The van der Waals surface area contributed by atoms with Gasteiger partial charge in [-0.25, -0.2) is 0 Å². The van der Waals surface area contributed by atoms with Crippen molar-refractivity contribution in [3.8, 4) is 0 Å². The third-order valence-electron chi connectivity index (χ3n) is 0.530. The molecule has 0 saturated heterocycles. The fraction of sp³-hybridized carbons (Fsp3) is 1.00. The van der Waals surface area contributed by atoms with E-state index in [-0.39, 0.29) is 35.7 Å². The van der Waals surface area contributed by atoms with Crippen LogP contribution in [0.3, 0.4) is 0 Å². The van der Waals surface area contributed by atoms with Crippen molar-refractivity contribution in [2.45, 2.75) is 39.7 Å². The van der Waals surface area contributed by atoms with Crippen molar-refractivity contribution in [2.75, 3.05) is 6.54 Å². The molecule has 0 aliphatic heterocycles. The van der Waals surface area contributed by atoms with E-state index in [0.29, 0.717) is 6.54 Å². The summed E-state index contributed by atoms with van der Waals surface area (Å²) < 4.78 is 0. The Balaban J connectivity index is -0.0000000910. The van der Waals surface area contributed by atoms with E-state index < -0.39 is 0 Å². The first-order valence-corrected chi connectivity index (χ1v) is 3.47. The smallest absolute Gasteiger partial charge is 0.677 e. The van der Waals surface area contributed by atoms with E-state index >= 15 is 0 Å². The summed E-state index contributed by atoms with van der Waals surface area (Å²) in [6, 6.07) is 0. The van der Waals surface area contributed by atoms with E-state index in [0.717, 1.165) is 12.8 Å². The maximum absolute atomic E-state index is 8.06. The molecule has 0 saturated carbocycles. The fourth-order valence-electron chi connectivity index (χ4n) is 0.177. The molecule has 0 amide bonds. The first-order valence-electron chi connectivity index (χ1n) is 3.47. The van der Waals surface area contributed by atoms with E-state index in [1.54, 1.807) is 13.8 Å². The molecule has 0 unspecified atom stereocenters. The van der Waals surface area contributed by atoms with Crippen molar-refractivity contribution in [3.63, 3.8) is 0 Å². The Bertz CT molecular complexity index is 37.8. The Kier molecular flexibility index (Phi) is 28.2. The number of aliphatic hydroxyl groups is 1. The summed E-state index contributed by atoms with van der Waals surface area (Å²) in [5.74, 6) is 0. The van der Waals surface area contributed by atoms with Crippen LogP contribution in [0.4, 0.5) is 0 Å². The fourth-order valence-corrected chi connectivity index (χ4v) is 0.177. The zero-order chi connectivity index (χ0) is 7.70. The SMILES string of the molecule is CC(C)O.CCCC[NH-].[Na+]. The van der Waals surface area contributed by atoms with Gasteiger partial charge in [0.05, 0.1) is 0 Å². The second kappa shape index (κ2) is 16.5. The zero-order valence-electron chi connectivity index (χ0n) is 7.65. The predicted octanol–water partition coefficient (Wildman–Crippen LogP) is -0.770. The molecular formula is C7H18NNaO. The zero-order valence-corrected chi connectivity index (χ0v) is 9.65. The van der Waals surface area contributed by atoms with Gasteiger partial charge in [0.25, 0.3) is 0 Å². The van der Waals surface area contributed by atoms with Crippen LogP contribution in [0.25, 0.3) is 5.73 Å². The van der Waals surface area contributed by atoms with Crippen LogP contribution in [-0.2, 0) is 0 Å². The normalized spacial score (nSPS) is 7.80. The first kappa shape index (κ1) is 17.1. The minimum absolute atomic E-state index is 0. The summed E-state index contributed by atoms with van der Waals surface area (Å²) >= 11 is 0. The standard InChI is InChI=1S/C4H10N.C3H8O.Na/c1-2-3-4-5;1-3(2)4;/h5H,2-4H2,1H3;3-4H,1-2H3;/q-1;;+1. The number of rotatable bonds is 2. The van der Waals surface area contributed by atoms with Crippen LogP contribution in [0.5, 0.6) is 0 Å². The molecule has 10 heavy (non-hydrogen) atoms. The number of hydrogen-bond donors (Lipinski definition) is 1. The van der Waals surface area contributed by atoms with E-state index in [4.69, 9.17) is 10.8 Å². The number of nitrogens with one attached hydrogen (secondary N) is 1. The molecule has 0 aliphatic carbocycles. The number of hydrogen-bond acceptors (Lipinski definition) is 1. The van der Waals surface area contributed by atoms with E-state index in [1.165, 1.54) is 0 Å². The van der Waals surface area contributed by atoms with Gasteiger partial charge >= 0.3 is 29.6 Å². The molecule has 0 fully saturated rings. The van der Waals surface area contributed by atoms with Crippen LogP contribution in [0, 0.1) is 0 Å². The van der Waals surface area contributed by atoms with Gasteiger partial charge in [0.1, 0.15) is 0 Å². The topological polar surface area (TPSA) is 44.0 Å². The molecule has 0 aromatic rings. The van der Waals surface area contributed by atoms with Gasteiger partial charge in [0, 0.05) is 6.10 Å². The van der Waals surface area contributed by atoms with Gasteiger partial charge in [0.15, 0.2) is 0 Å². The van der Waals surface area contributed by atoms with Crippen molar-refractivity contribution < 1.29 is 34.7 Å². The number of aliphatic hydroxyl groups excluding tert-OH is 1. The Morgan fingerprint density at radius 1 is 1.40 bits per heavy atom. The van der Waals surface area contributed by atoms with Crippen molar-refractivity contribution in [1.29, 1.82) is 0 Å². The summed E-state index contributed by atoms with van der Waals surface area (Å²) in [6.07, 6.45) is 2.05. The quantitative estimate of drug-likeness (QED) is 0.523. The molecule has 0 atom stereocenters. The van der Waals surface area contributed by atoms with Crippen molar-refractivity contribution in [1.82, 2.24) is 0 Å². The minimum Gasteiger partial charge on any atom is -0.677 e. The molecule has 0 aromatic heterocycles. The average molecular weight is 155 g/mol. The van der Waals surface area contributed by atoms with E-state index in [9.17, 15) is 0 Å². The van der Waals surface area contributed by atoms with Gasteiger partial charge < -0.3 is 10.8 Å². The minimum atomic E-state index is -0.167. The van der Waals surface area contributed by atoms with Gasteiger partial charge in [-0.15, -0.1) is 0 Å².